The van der Waals surface area contributed by atoms with E-state index in [4.69, 9.17) is 0 Å². The van der Waals surface area contributed by atoms with Crippen LogP contribution in [0.1, 0.15) is 52.5 Å². The first-order valence-corrected chi connectivity index (χ1v) is 10.9. The smallest absolute Gasteiger partial charge is 0.253 e. The van der Waals surface area contributed by atoms with E-state index < -0.39 is 0 Å². The summed E-state index contributed by atoms with van der Waals surface area (Å²) < 4.78 is 0. The molecule has 32 heavy (non-hydrogen) atoms. The van der Waals surface area contributed by atoms with E-state index in [-0.39, 0.29) is 36.3 Å². The largest absolute Gasteiger partial charge is 0.341 e. The molecule has 1 fully saturated rings. The van der Waals surface area contributed by atoms with Crippen LogP contribution in [0.5, 0.6) is 0 Å². The minimum absolute atomic E-state index is 0.0379. The van der Waals surface area contributed by atoms with Gasteiger partial charge in [0.15, 0.2) is 5.78 Å². The van der Waals surface area contributed by atoms with E-state index in [1.807, 2.05) is 19.1 Å². The molecule has 0 spiro atoms. The molecule has 3 rings (SSSR count). The predicted octanol–water partition coefficient (Wildman–Crippen LogP) is 3.29. The zero-order chi connectivity index (χ0) is 23.1. The van der Waals surface area contributed by atoms with Crippen molar-refractivity contribution in [1.29, 1.82) is 0 Å². The number of amides is 3. The Labute approximate surface area is 188 Å². The molecule has 7 heteroatoms. The second-order valence-corrected chi connectivity index (χ2v) is 8.08. The Morgan fingerprint density at radius 3 is 2.25 bits per heavy atom. The van der Waals surface area contributed by atoms with Gasteiger partial charge in [0.1, 0.15) is 0 Å². The fourth-order valence-corrected chi connectivity index (χ4v) is 3.75. The number of rotatable bonds is 6. The molecular weight excluding hydrogens is 406 g/mol. The Morgan fingerprint density at radius 1 is 0.844 bits per heavy atom. The highest BCUT2D eigenvalue weighted by Crippen LogP contribution is 2.15. The number of ketones is 1. The van der Waals surface area contributed by atoms with E-state index in [1.54, 1.807) is 46.2 Å². The topological polar surface area (TPSA) is 86.8 Å². The van der Waals surface area contributed by atoms with Crippen LogP contribution >= 0.6 is 0 Å². The molecule has 7 nitrogen and oxygen atoms in total. The summed E-state index contributed by atoms with van der Waals surface area (Å²) in [6.07, 6.45) is 1.02. The SMILES string of the molecule is CC(=O)Nc1cccc(C(=O)N2CCCN(C(=O)CCC(=O)c3ccc(C)cc3)CC2)c1. The number of nitrogens with zero attached hydrogens (tertiary/aromatic N) is 2. The minimum atomic E-state index is -0.195. The molecule has 2 aromatic rings. The summed E-state index contributed by atoms with van der Waals surface area (Å²) in [4.78, 5) is 52.7. The van der Waals surface area contributed by atoms with E-state index in [1.165, 1.54) is 6.92 Å². The highest BCUT2D eigenvalue weighted by molar-refractivity contribution is 5.98. The number of anilines is 1. The van der Waals surface area contributed by atoms with Gasteiger partial charge in [-0.15, -0.1) is 0 Å². The third kappa shape index (κ3) is 6.26. The molecule has 3 amide bonds. The molecule has 1 N–H and O–H groups in total. The van der Waals surface area contributed by atoms with Crippen molar-refractivity contribution in [2.45, 2.75) is 33.1 Å². The van der Waals surface area contributed by atoms with Gasteiger partial charge in [0, 0.05) is 62.8 Å². The molecular formula is C25H29N3O4. The van der Waals surface area contributed by atoms with Gasteiger partial charge in [-0.25, -0.2) is 0 Å². The van der Waals surface area contributed by atoms with E-state index >= 15 is 0 Å². The lowest BCUT2D eigenvalue weighted by Gasteiger charge is -2.22. The maximum absolute atomic E-state index is 12.9. The lowest BCUT2D eigenvalue weighted by Crippen LogP contribution is -2.37. The van der Waals surface area contributed by atoms with Gasteiger partial charge in [0.2, 0.25) is 11.8 Å². The van der Waals surface area contributed by atoms with Crippen molar-refractivity contribution in [1.82, 2.24) is 9.80 Å². The van der Waals surface area contributed by atoms with Gasteiger partial charge in [0.05, 0.1) is 0 Å². The Kier molecular flexibility index (Phi) is 7.76. The number of Topliss-reactive ketones (excluding diaryl/α,β-unsaturated/α-hetero) is 1. The van der Waals surface area contributed by atoms with Crippen molar-refractivity contribution in [2.75, 3.05) is 31.5 Å². The van der Waals surface area contributed by atoms with E-state index in [0.717, 1.165) is 5.56 Å². The Balaban J connectivity index is 1.53. The normalized spacial score (nSPS) is 13.9. The second-order valence-electron chi connectivity index (χ2n) is 8.08. The predicted molar refractivity (Wildman–Crippen MR) is 123 cm³/mol. The summed E-state index contributed by atoms with van der Waals surface area (Å²) >= 11 is 0. The van der Waals surface area contributed by atoms with Crippen LogP contribution in [0.25, 0.3) is 0 Å². The molecule has 2 aromatic carbocycles. The third-order valence-corrected chi connectivity index (χ3v) is 5.51. The average Bonchev–Trinajstić information content (AvgIpc) is 3.03. The Hall–Kier alpha value is -3.48. The van der Waals surface area contributed by atoms with Gasteiger partial charge >= 0.3 is 0 Å². The molecule has 0 aliphatic carbocycles. The standard InChI is InChI=1S/C25H29N3O4/c1-18-7-9-20(10-8-18)23(30)11-12-24(31)27-13-4-14-28(16-15-27)25(32)21-5-3-6-22(17-21)26-19(2)29/h3,5-10,17H,4,11-16H2,1-2H3,(H,26,29). The lowest BCUT2D eigenvalue weighted by molar-refractivity contribution is -0.131. The number of nitrogens with one attached hydrogen (secondary N) is 1. The maximum atomic E-state index is 12.9. The molecule has 168 valence electrons. The van der Waals surface area contributed by atoms with Gasteiger partial charge in [0.25, 0.3) is 5.91 Å². The Bertz CT molecular complexity index is 1000. The third-order valence-electron chi connectivity index (χ3n) is 5.51. The van der Waals surface area contributed by atoms with Crippen molar-refractivity contribution in [2.24, 2.45) is 0 Å². The number of carbonyl (C=O) groups excluding carboxylic acids is 4. The quantitative estimate of drug-likeness (QED) is 0.706. The molecule has 1 saturated heterocycles. The fraction of sp³-hybridized carbons (Fsp3) is 0.360. The summed E-state index contributed by atoms with van der Waals surface area (Å²) in [6.45, 7) is 5.37. The first-order valence-electron chi connectivity index (χ1n) is 10.9. The second kappa shape index (κ2) is 10.7. The average molecular weight is 436 g/mol. The van der Waals surface area contributed by atoms with Gasteiger partial charge in [-0.05, 0) is 31.5 Å². The Morgan fingerprint density at radius 2 is 1.53 bits per heavy atom. The zero-order valence-electron chi connectivity index (χ0n) is 18.6. The molecule has 1 aliphatic rings. The van der Waals surface area contributed by atoms with E-state index in [2.05, 4.69) is 5.32 Å². The molecule has 0 radical (unpaired) electrons. The minimum Gasteiger partial charge on any atom is -0.341 e. The molecule has 0 bridgehead atoms. The van der Waals surface area contributed by atoms with Crippen LogP contribution in [-0.2, 0) is 9.59 Å². The highest BCUT2D eigenvalue weighted by atomic mass is 16.2. The van der Waals surface area contributed by atoms with Crippen molar-refractivity contribution >= 4 is 29.2 Å². The van der Waals surface area contributed by atoms with Gasteiger partial charge in [-0.1, -0.05) is 35.9 Å². The van der Waals surface area contributed by atoms with E-state index in [0.29, 0.717) is 49.4 Å². The van der Waals surface area contributed by atoms with Crippen molar-refractivity contribution in [3.8, 4) is 0 Å². The van der Waals surface area contributed by atoms with Crippen LogP contribution in [0.4, 0.5) is 5.69 Å². The van der Waals surface area contributed by atoms with E-state index in [9.17, 15) is 19.2 Å². The molecule has 0 saturated carbocycles. The summed E-state index contributed by atoms with van der Waals surface area (Å²) in [5, 5.41) is 2.68. The van der Waals surface area contributed by atoms with Gasteiger partial charge in [-0.3, -0.25) is 19.2 Å². The lowest BCUT2D eigenvalue weighted by atomic mass is 10.0. The van der Waals surface area contributed by atoms with Crippen LogP contribution in [0, 0.1) is 6.92 Å². The van der Waals surface area contributed by atoms with Crippen molar-refractivity contribution < 1.29 is 19.2 Å². The number of carbonyl (C=O) groups is 4. The van der Waals surface area contributed by atoms with Crippen molar-refractivity contribution in [3.63, 3.8) is 0 Å². The summed E-state index contributed by atoms with van der Waals surface area (Å²) in [5.41, 5.74) is 2.79. The summed E-state index contributed by atoms with van der Waals surface area (Å²) in [6, 6.07) is 14.2. The maximum Gasteiger partial charge on any atom is 0.253 e. The highest BCUT2D eigenvalue weighted by Gasteiger charge is 2.23. The zero-order valence-corrected chi connectivity index (χ0v) is 18.6. The summed E-state index contributed by atoms with van der Waals surface area (Å²) in [5.74, 6) is -0.420. The molecule has 1 aliphatic heterocycles. The monoisotopic (exact) mass is 435 g/mol. The van der Waals surface area contributed by atoms with Crippen LogP contribution in [0.2, 0.25) is 0 Å². The van der Waals surface area contributed by atoms with Gasteiger partial charge < -0.3 is 15.1 Å². The van der Waals surface area contributed by atoms with Crippen LogP contribution < -0.4 is 5.32 Å². The fourth-order valence-electron chi connectivity index (χ4n) is 3.75. The molecule has 0 atom stereocenters. The van der Waals surface area contributed by atoms with Crippen molar-refractivity contribution in [3.05, 3.63) is 65.2 Å². The molecule has 0 unspecified atom stereocenters. The van der Waals surface area contributed by atoms with Crippen LogP contribution in [0.3, 0.4) is 0 Å². The van der Waals surface area contributed by atoms with Crippen LogP contribution in [0.15, 0.2) is 48.5 Å². The number of aryl methyl sites for hydroxylation is 1. The number of hydrogen-bond acceptors (Lipinski definition) is 4. The van der Waals surface area contributed by atoms with Crippen LogP contribution in [-0.4, -0.2) is 59.5 Å². The molecule has 0 aromatic heterocycles. The summed E-state index contributed by atoms with van der Waals surface area (Å²) in [7, 11) is 0. The number of benzene rings is 2. The number of hydrogen-bond donors (Lipinski definition) is 1. The van der Waals surface area contributed by atoms with Gasteiger partial charge in [-0.2, -0.15) is 0 Å². The molecule has 1 heterocycles. The first kappa shape index (κ1) is 23.2. The first-order chi connectivity index (χ1) is 15.3.